The predicted octanol–water partition coefficient (Wildman–Crippen LogP) is 2.19. The molecule has 84 valence electrons. The highest BCUT2D eigenvalue weighted by Gasteiger charge is 2.02. The molecule has 0 aliphatic carbocycles. The molecule has 0 aliphatic rings. The molecule has 0 amide bonds. The van der Waals surface area contributed by atoms with Crippen molar-refractivity contribution in [2.45, 2.75) is 6.42 Å². The van der Waals surface area contributed by atoms with Gasteiger partial charge in [0, 0.05) is 30.0 Å². The fourth-order valence-electron chi connectivity index (χ4n) is 1.45. The molecule has 0 fully saturated rings. The van der Waals surface area contributed by atoms with Crippen molar-refractivity contribution >= 4 is 32.7 Å². The van der Waals surface area contributed by atoms with Gasteiger partial charge in [-0.1, -0.05) is 0 Å². The molecule has 4 nitrogen and oxygen atoms in total. The fraction of sp³-hybridized carbons (Fsp3) is 0.273. The van der Waals surface area contributed by atoms with Crippen LogP contribution in [0.1, 0.15) is 6.42 Å². The Morgan fingerprint density at radius 2 is 2.25 bits per heavy atom. The second kappa shape index (κ2) is 5.23. The first kappa shape index (κ1) is 11.3. The third kappa shape index (κ3) is 2.48. The van der Waals surface area contributed by atoms with Crippen LogP contribution in [0.4, 0.5) is 5.69 Å². The molecule has 0 spiro atoms. The number of aromatic nitrogens is 2. The number of hydrogen-bond donors (Lipinski definition) is 2. The average molecular weight is 282 g/mol. The van der Waals surface area contributed by atoms with Crippen molar-refractivity contribution in [3.8, 4) is 0 Å². The Balaban J connectivity index is 2.30. The van der Waals surface area contributed by atoms with E-state index in [0.29, 0.717) is 0 Å². The van der Waals surface area contributed by atoms with Crippen LogP contribution in [0.5, 0.6) is 0 Å². The number of hydrogen-bond acceptors (Lipinski definition) is 4. The quantitative estimate of drug-likeness (QED) is 0.844. The van der Waals surface area contributed by atoms with Crippen LogP contribution in [-0.2, 0) is 0 Å². The van der Waals surface area contributed by atoms with Crippen LogP contribution in [0.3, 0.4) is 0 Å². The summed E-state index contributed by atoms with van der Waals surface area (Å²) in [5.74, 6) is 0. The van der Waals surface area contributed by atoms with E-state index in [1.165, 1.54) is 0 Å². The molecule has 2 rings (SSSR count). The highest BCUT2D eigenvalue weighted by molar-refractivity contribution is 9.10. The number of aliphatic hydroxyl groups excluding tert-OH is 1. The third-order valence-electron chi connectivity index (χ3n) is 2.19. The van der Waals surface area contributed by atoms with Gasteiger partial charge in [0.15, 0.2) is 0 Å². The van der Waals surface area contributed by atoms with Crippen LogP contribution in [0.15, 0.2) is 29.0 Å². The highest BCUT2D eigenvalue weighted by Crippen LogP contribution is 2.21. The maximum Gasteiger partial charge on any atom is 0.112 e. The molecule has 0 aliphatic heterocycles. The normalized spacial score (nSPS) is 10.6. The zero-order chi connectivity index (χ0) is 11.4. The molecule has 0 atom stereocenters. The van der Waals surface area contributed by atoms with Crippen LogP contribution >= 0.6 is 15.9 Å². The highest BCUT2D eigenvalue weighted by atomic mass is 79.9. The smallest absolute Gasteiger partial charge is 0.112 e. The zero-order valence-electron chi connectivity index (χ0n) is 8.65. The summed E-state index contributed by atoms with van der Waals surface area (Å²) in [6, 6.07) is 3.82. The van der Waals surface area contributed by atoms with Crippen molar-refractivity contribution in [3.63, 3.8) is 0 Å². The van der Waals surface area contributed by atoms with Gasteiger partial charge < -0.3 is 10.4 Å². The number of nitrogens with one attached hydrogen (secondary N) is 1. The van der Waals surface area contributed by atoms with Gasteiger partial charge in [0.25, 0.3) is 0 Å². The van der Waals surface area contributed by atoms with Gasteiger partial charge in [0.1, 0.15) is 5.52 Å². The molecule has 0 unspecified atom stereocenters. The molecule has 2 aromatic heterocycles. The molecule has 0 saturated heterocycles. The Morgan fingerprint density at radius 3 is 3.06 bits per heavy atom. The average Bonchev–Trinajstić information content (AvgIpc) is 2.29. The third-order valence-corrected chi connectivity index (χ3v) is 2.63. The van der Waals surface area contributed by atoms with Crippen molar-refractivity contribution in [1.29, 1.82) is 0 Å². The first-order valence-corrected chi connectivity index (χ1v) is 5.85. The summed E-state index contributed by atoms with van der Waals surface area (Å²) < 4.78 is 0.917. The molecule has 16 heavy (non-hydrogen) atoms. The SMILES string of the molecule is OCCCNc1ccnc2cc(Br)cnc12. The summed E-state index contributed by atoms with van der Waals surface area (Å²) in [6.45, 7) is 0.919. The molecule has 0 saturated carbocycles. The van der Waals surface area contributed by atoms with Crippen LogP contribution in [0.2, 0.25) is 0 Å². The first-order chi connectivity index (χ1) is 7.81. The van der Waals surface area contributed by atoms with Crippen LogP contribution in [0.25, 0.3) is 11.0 Å². The van der Waals surface area contributed by atoms with E-state index in [4.69, 9.17) is 5.11 Å². The van der Waals surface area contributed by atoms with Gasteiger partial charge in [-0.2, -0.15) is 0 Å². The molecule has 2 aromatic rings. The molecule has 0 radical (unpaired) electrons. The van der Waals surface area contributed by atoms with E-state index in [-0.39, 0.29) is 6.61 Å². The first-order valence-electron chi connectivity index (χ1n) is 5.06. The second-order valence-corrected chi connectivity index (χ2v) is 4.30. The monoisotopic (exact) mass is 281 g/mol. The summed E-state index contributed by atoms with van der Waals surface area (Å²) in [7, 11) is 0. The molecule has 0 bridgehead atoms. The van der Waals surface area contributed by atoms with Crippen molar-refractivity contribution in [3.05, 3.63) is 29.0 Å². The van der Waals surface area contributed by atoms with Crippen molar-refractivity contribution in [2.24, 2.45) is 0 Å². The molecule has 0 aromatic carbocycles. The molecule has 2 heterocycles. The Bertz CT molecular complexity index is 490. The van der Waals surface area contributed by atoms with Gasteiger partial charge in [-0.05, 0) is 34.5 Å². The van der Waals surface area contributed by atoms with Gasteiger partial charge in [-0.15, -0.1) is 0 Å². The van der Waals surface area contributed by atoms with E-state index in [2.05, 4.69) is 31.2 Å². The minimum absolute atomic E-state index is 0.189. The minimum Gasteiger partial charge on any atom is -0.396 e. The number of fused-ring (bicyclic) bond motifs is 1. The van der Waals surface area contributed by atoms with Crippen molar-refractivity contribution in [2.75, 3.05) is 18.5 Å². The van der Waals surface area contributed by atoms with E-state index >= 15 is 0 Å². The molecular formula is C11H12BrN3O. The summed E-state index contributed by atoms with van der Waals surface area (Å²) in [4.78, 5) is 8.57. The maximum atomic E-state index is 8.72. The van der Waals surface area contributed by atoms with E-state index in [1.807, 2.05) is 12.1 Å². The summed E-state index contributed by atoms with van der Waals surface area (Å²) >= 11 is 3.36. The standard InChI is InChI=1S/C11H12BrN3O/c12-8-6-10-11(15-7-8)9(2-4-14-10)13-3-1-5-16/h2,4,6-7,16H,1,3,5H2,(H,13,14). The fourth-order valence-corrected chi connectivity index (χ4v) is 1.77. The topological polar surface area (TPSA) is 58.0 Å². The van der Waals surface area contributed by atoms with Crippen molar-refractivity contribution < 1.29 is 5.11 Å². The van der Waals surface area contributed by atoms with Gasteiger partial charge >= 0.3 is 0 Å². The lowest BCUT2D eigenvalue weighted by atomic mass is 10.3. The largest absolute Gasteiger partial charge is 0.396 e. The Kier molecular flexibility index (Phi) is 3.69. The van der Waals surface area contributed by atoms with Gasteiger partial charge in [0.2, 0.25) is 0 Å². The summed E-state index contributed by atoms with van der Waals surface area (Å²) in [5.41, 5.74) is 2.65. The second-order valence-electron chi connectivity index (χ2n) is 3.38. The Hall–Kier alpha value is -1.20. The number of halogens is 1. The number of nitrogens with zero attached hydrogens (tertiary/aromatic N) is 2. The van der Waals surface area contributed by atoms with E-state index in [9.17, 15) is 0 Å². The molecule has 5 heteroatoms. The number of pyridine rings is 2. The zero-order valence-corrected chi connectivity index (χ0v) is 10.2. The minimum atomic E-state index is 0.189. The Labute approximate surface area is 102 Å². The van der Waals surface area contributed by atoms with Gasteiger partial charge in [-0.25, -0.2) is 0 Å². The number of aliphatic hydroxyl groups is 1. The van der Waals surface area contributed by atoms with Gasteiger partial charge in [-0.3, -0.25) is 9.97 Å². The number of anilines is 1. The summed E-state index contributed by atoms with van der Waals surface area (Å²) in [5, 5.41) is 11.9. The van der Waals surface area contributed by atoms with Gasteiger partial charge in [0.05, 0.1) is 11.2 Å². The predicted molar refractivity (Wildman–Crippen MR) is 67.4 cm³/mol. The lowest BCUT2D eigenvalue weighted by Crippen LogP contribution is -2.04. The lowest BCUT2D eigenvalue weighted by molar-refractivity contribution is 0.292. The number of rotatable bonds is 4. The van der Waals surface area contributed by atoms with E-state index in [1.54, 1.807) is 12.4 Å². The van der Waals surface area contributed by atoms with Crippen molar-refractivity contribution in [1.82, 2.24) is 9.97 Å². The van der Waals surface area contributed by atoms with E-state index < -0.39 is 0 Å². The van der Waals surface area contributed by atoms with Crippen LogP contribution in [-0.4, -0.2) is 28.2 Å². The molecular weight excluding hydrogens is 270 g/mol. The van der Waals surface area contributed by atoms with E-state index in [0.717, 1.165) is 34.2 Å². The van der Waals surface area contributed by atoms with Crippen LogP contribution < -0.4 is 5.32 Å². The summed E-state index contributed by atoms with van der Waals surface area (Å²) in [6.07, 6.45) is 4.22. The Morgan fingerprint density at radius 1 is 1.38 bits per heavy atom. The lowest BCUT2D eigenvalue weighted by Gasteiger charge is -2.07. The maximum absolute atomic E-state index is 8.72. The van der Waals surface area contributed by atoms with Crippen LogP contribution in [0, 0.1) is 0 Å². The molecule has 2 N–H and O–H groups in total.